The normalized spacial score (nSPS) is 22.6. The van der Waals surface area contributed by atoms with E-state index in [2.05, 4.69) is 46.1 Å². The first kappa shape index (κ1) is 22.0. The van der Waals surface area contributed by atoms with Crippen LogP contribution in [-0.2, 0) is 14.3 Å². The molecule has 2 saturated heterocycles. The van der Waals surface area contributed by atoms with Crippen molar-refractivity contribution in [1.82, 2.24) is 15.8 Å². The first-order chi connectivity index (χ1) is 13.5. The zero-order valence-corrected chi connectivity index (χ0v) is 15.9. The molecule has 28 heavy (non-hydrogen) atoms. The highest BCUT2D eigenvalue weighted by Gasteiger charge is 2.25. The lowest BCUT2D eigenvalue weighted by Gasteiger charge is -2.26. The topological polar surface area (TPSA) is 111 Å². The van der Waals surface area contributed by atoms with Crippen LogP contribution in [0.15, 0.2) is 42.5 Å². The van der Waals surface area contributed by atoms with E-state index in [1.165, 1.54) is 37.9 Å². The fourth-order valence-electron chi connectivity index (χ4n) is 3.19. The maximum atomic E-state index is 9.55. The highest BCUT2D eigenvalue weighted by molar-refractivity contribution is 5.89. The number of hydrazine groups is 1. The fraction of sp³-hybridized carbons (Fsp3) is 0.500. The second-order valence-electron chi connectivity index (χ2n) is 6.76. The molecular weight excluding hydrogens is 362 g/mol. The molecule has 2 fully saturated rings. The van der Waals surface area contributed by atoms with Crippen LogP contribution >= 0.6 is 0 Å². The van der Waals surface area contributed by atoms with E-state index < -0.39 is 11.9 Å². The molecular formula is C20H29N3O5. The van der Waals surface area contributed by atoms with Gasteiger partial charge in [0.1, 0.15) is 6.23 Å². The molecule has 0 amide bonds. The molecule has 0 saturated carbocycles. The number of hydrogen-bond donors (Lipinski definition) is 4. The van der Waals surface area contributed by atoms with Crippen LogP contribution < -0.4 is 10.9 Å². The Balaban J connectivity index is 0.000000300. The van der Waals surface area contributed by atoms with E-state index in [-0.39, 0.29) is 6.23 Å². The zero-order chi connectivity index (χ0) is 20.2. The summed E-state index contributed by atoms with van der Waals surface area (Å²) in [6.07, 6.45) is 6.32. The number of carboxylic acid groups (broad SMARTS) is 2. The maximum absolute atomic E-state index is 9.55. The molecule has 0 radical (unpaired) electrons. The number of nitrogens with one attached hydrogen (secondary N) is 2. The number of rotatable bonds is 7. The first-order valence-corrected chi connectivity index (χ1v) is 9.58. The van der Waals surface area contributed by atoms with Gasteiger partial charge in [0.2, 0.25) is 0 Å². The Morgan fingerprint density at radius 1 is 1.04 bits per heavy atom. The van der Waals surface area contributed by atoms with Crippen molar-refractivity contribution in [3.8, 4) is 0 Å². The molecule has 0 aromatic heterocycles. The summed E-state index contributed by atoms with van der Waals surface area (Å²) in [4.78, 5) is 21.6. The Morgan fingerprint density at radius 2 is 1.68 bits per heavy atom. The van der Waals surface area contributed by atoms with Crippen molar-refractivity contribution in [3.05, 3.63) is 48.0 Å². The minimum Gasteiger partial charge on any atom is -0.478 e. The van der Waals surface area contributed by atoms with E-state index in [0.717, 1.165) is 19.6 Å². The average Bonchev–Trinajstić information content (AvgIpc) is 3.17. The number of carbonyl (C=O) groups is 2. The molecule has 2 aliphatic heterocycles. The predicted molar refractivity (Wildman–Crippen MR) is 105 cm³/mol. The van der Waals surface area contributed by atoms with Crippen LogP contribution in [0.1, 0.15) is 37.3 Å². The third-order valence-corrected chi connectivity index (χ3v) is 4.61. The quantitative estimate of drug-likeness (QED) is 0.521. The number of aliphatic carboxylic acids is 2. The molecule has 2 heterocycles. The molecule has 8 nitrogen and oxygen atoms in total. The summed E-state index contributed by atoms with van der Waals surface area (Å²) < 4.78 is 5.94. The lowest BCUT2D eigenvalue weighted by atomic mass is 10.1. The van der Waals surface area contributed by atoms with E-state index in [1.54, 1.807) is 0 Å². The number of hydrogen-bond acceptors (Lipinski definition) is 6. The van der Waals surface area contributed by atoms with Gasteiger partial charge in [-0.25, -0.2) is 20.4 Å². The maximum Gasteiger partial charge on any atom is 0.328 e. The lowest BCUT2D eigenvalue weighted by molar-refractivity contribution is -0.134. The first-order valence-electron chi connectivity index (χ1n) is 9.58. The Labute approximate surface area is 165 Å². The van der Waals surface area contributed by atoms with Crippen molar-refractivity contribution in [3.63, 3.8) is 0 Å². The van der Waals surface area contributed by atoms with Gasteiger partial charge < -0.3 is 19.8 Å². The second-order valence-corrected chi connectivity index (χ2v) is 6.76. The number of likely N-dealkylation sites (tertiary alicyclic amines) is 1. The summed E-state index contributed by atoms with van der Waals surface area (Å²) in [6.45, 7) is 4.37. The van der Waals surface area contributed by atoms with Crippen LogP contribution in [-0.4, -0.2) is 59.5 Å². The molecule has 2 unspecified atom stereocenters. The van der Waals surface area contributed by atoms with E-state index >= 15 is 0 Å². The van der Waals surface area contributed by atoms with Crippen LogP contribution in [0.25, 0.3) is 0 Å². The van der Waals surface area contributed by atoms with Crippen molar-refractivity contribution in [1.29, 1.82) is 0 Å². The third-order valence-electron chi connectivity index (χ3n) is 4.61. The van der Waals surface area contributed by atoms with Gasteiger partial charge in [0.15, 0.2) is 0 Å². The lowest BCUT2D eigenvalue weighted by Crippen LogP contribution is -2.36. The van der Waals surface area contributed by atoms with E-state index in [1.807, 2.05) is 0 Å². The standard InChI is InChI=1S/C16H25N3O.C4H4O4/c1-3-7-14(8-4-1)15-13-16(18-17-15)20-12-11-19-9-5-2-6-10-19;5-3(6)1-2-4(7)8/h1,3-4,7-8,15-18H,2,5-6,9-13H2;1-2H,(H,5,6)(H,7,8)/b;2-1-. The van der Waals surface area contributed by atoms with Crippen molar-refractivity contribution in [2.75, 3.05) is 26.2 Å². The van der Waals surface area contributed by atoms with Gasteiger partial charge >= 0.3 is 11.9 Å². The van der Waals surface area contributed by atoms with Crippen LogP contribution in [0.2, 0.25) is 0 Å². The summed E-state index contributed by atoms with van der Waals surface area (Å²) in [7, 11) is 0. The van der Waals surface area contributed by atoms with Gasteiger partial charge in [-0.1, -0.05) is 36.8 Å². The molecule has 0 bridgehead atoms. The Kier molecular flexibility index (Phi) is 9.64. The molecule has 1 aromatic carbocycles. The number of benzene rings is 1. The van der Waals surface area contributed by atoms with Crippen LogP contribution in [0.5, 0.6) is 0 Å². The van der Waals surface area contributed by atoms with Crippen LogP contribution in [0.3, 0.4) is 0 Å². The van der Waals surface area contributed by atoms with Gasteiger partial charge in [-0.15, -0.1) is 0 Å². The largest absolute Gasteiger partial charge is 0.478 e. The Hall–Kier alpha value is -2.26. The smallest absolute Gasteiger partial charge is 0.328 e. The number of nitrogens with zero attached hydrogens (tertiary/aromatic N) is 1. The molecule has 8 heteroatoms. The van der Waals surface area contributed by atoms with Crippen molar-refractivity contribution < 1.29 is 24.5 Å². The van der Waals surface area contributed by atoms with Crippen molar-refractivity contribution in [2.45, 2.75) is 38.0 Å². The monoisotopic (exact) mass is 391 g/mol. The van der Waals surface area contributed by atoms with Gasteiger partial charge in [0.25, 0.3) is 0 Å². The van der Waals surface area contributed by atoms with Gasteiger partial charge in [0, 0.05) is 25.1 Å². The van der Waals surface area contributed by atoms with Crippen LogP contribution in [0.4, 0.5) is 0 Å². The fourth-order valence-corrected chi connectivity index (χ4v) is 3.19. The molecule has 154 valence electrons. The Bertz CT molecular complexity index is 616. The SMILES string of the molecule is O=C(O)/C=C\C(=O)O.c1ccc(C2CC(OCCN3CCCCC3)NN2)cc1. The van der Waals surface area contributed by atoms with Crippen molar-refractivity contribution in [2.24, 2.45) is 0 Å². The third kappa shape index (κ3) is 8.62. The molecule has 2 aliphatic rings. The highest BCUT2D eigenvalue weighted by Crippen LogP contribution is 2.22. The highest BCUT2D eigenvalue weighted by atomic mass is 16.5. The van der Waals surface area contributed by atoms with Gasteiger partial charge in [-0.2, -0.15) is 0 Å². The van der Waals surface area contributed by atoms with Gasteiger partial charge in [-0.3, -0.25) is 0 Å². The van der Waals surface area contributed by atoms with Crippen LogP contribution in [0, 0.1) is 0 Å². The molecule has 1 aromatic rings. The summed E-state index contributed by atoms with van der Waals surface area (Å²) >= 11 is 0. The average molecular weight is 391 g/mol. The molecule has 0 aliphatic carbocycles. The predicted octanol–water partition coefficient (Wildman–Crippen LogP) is 1.77. The van der Waals surface area contributed by atoms with Gasteiger partial charge in [0.05, 0.1) is 12.6 Å². The van der Waals surface area contributed by atoms with E-state index in [4.69, 9.17) is 14.9 Å². The number of piperidine rings is 1. The minimum absolute atomic E-state index is 0.130. The minimum atomic E-state index is -1.26. The Morgan fingerprint density at radius 3 is 2.29 bits per heavy atom. The van der Waals surface area contributed by atoms with Crippen molar-refractivity contribution >= 4 is 11.9 Å². The summed E-state index contributed by atoms with van der Waals surface area (Å²) in [6, 6.07) is 10.9. The van der Waals surface area contributed by atoms with Gasteiger partial charge in [-0.05, 0) is 31.5 Å². The summed E-state index contributed by atoms with van der Waals surface area (Å²) in [5.41, 5.74) is 7.90. The second kappa shape index (κ2) is 12.2. The number of carboxylic acids is 2. The number of ether oxygens (including phenoxy) is 1. The summed E-state index contributed by atoms with van der Waals surface area (Å²) in [5, 5.41) is 15.6. The molecule has 4 N–H and O–H groups in total. The van der Waals surface area contributed by atoms with E-state index in [9.17, 15) is 9.59 Å². The molecule has 0 spiro atoms. The molecule has 3 rings (SSSR count). The van der Waals surface area contributed by atoms with E-state index in [0.29, 0.717) is 18.2 Å². The summed E-state index contributed by atoms with van der Waals surface area (Å²) in [5.74, 6) is -2.51. The molecule has 2 atom stereocenters. The zero-order valence-electron chi connectivity index (χ0n) is 15.9.